The van der Waals surface area contributed by atoms with Crippen molar-refractivity contribution in [3.05, 3.63) is 24.0 Å². The van der Waals surface area contributed by atoms with Gasteiger partial charge >= 0.3 is 0 Å². The summed E-state index contributed by atoms with van der Waals surface area (Å²) in [4.78, 5) is 0. The number of hydrogen-bond donors (Lipinski definition) is 1. The quantitative estimate of drug-likeness (QED) is 0.803. The van der Waals surface area contributed by atoms with Crippen molar-refractivity contribution in [2.24, 2.45) is 0 Å². The van der Waals surface area contributed by atoms with E-state index >= 15 is 0 Å². The highest BCUT2D eigenvalue weighted by atomic mass is 19.1. The van der Waals surface area contributed by atoms with Gasteiger partial charge < -0.3 is 15.2 Å². The van der Waals surface area contributed by atoms with Gasteiger partial charge in [-0.15, -0.1) is 0 Å². The zero-order valence-corrected chi connectivity index (χ0v) is 9.28. The van der Waals surface area contributed by atoms with Crippen LogP contribution in [0, 0.1) is 5.82 Å². The summed E-state index contributed by atoms with van der Waals surface area (Å²) >= 11 is 0. The number of halogens is 1. The van der Waals surface area contributed by atoms with E-state index in [1.165, 1.54) is 12.1 Å². The van der Waals surface area contributed by atoms with Crippen molar-refractivity contribution < 1.29 is 13.9 Å². The van der Waals surface area contributed by atoms with Gasteiger partial charge in [0.05, 0.1) is 17.9 Å². The Kier molecular flexibility index (Phi) is 3.29. The normalized spacial score (nSPS) is 24.6. The lowest BCUT2D eigenvalue weighted by Gasteiger charge is -2.12. The van der Waals surface area contributed by atoms with Crippen molar-refractivity contribution in [2.45, 2.75) is 32.0 Å². The molecule has 0 radical (unpaired) electrons. The second-order valence-corrected chi connectivity index (χ2v) is 4.14. The fourth-order valence-corrected chi connectivity index (χ4v) is 1.79. The molecule has 1 aliphatic rings. The lowest BCUT2D eigenvalue weighted by atomic mass is 10.2. The maximum Gasteiger partial charge on any atom is 0.149 e. The topological polar surface area (TPSA) is 44.5 Å². The Bertz CT molecular complexity index is 370. The number of nitrogens with two attached hydrogens (primary N) is 1. The van der Waals surface area contributed by atoms with Gasteiger partial charge in [0.2, 0.25) is 0 Å². The van der Waals surface area contributed by atoms with Crippen molar-refractivity contribution in [1.29, 1.82) is 0 Å². The summed E-state index contributed by atoms with van der Waals surface area (Å²) < 4.78 is 24.2. The molecule has 1 aliphatic heterocycles. The fraction of sp³-hybridized carbons (Fsp3) is 0.500. The second-order valence-electron chi connectivity index (χ2n) is 4.14. The third-order valence-electron chi connectivity index (χ3n) is 2.73. The second kappa shape index (κ2) is 4.70. The third-order valence-corrected chi connectivity index (χ3v) is 2.73. The number of rotatable bonds is 3. The maximum atomic E-state index is 13.1. The predicted molar refractivity (Wildman–Crippen MR) is 59.9 cm³/mol. The Morgan fingerprint density at radius 3 is 2.94 bits per heavy atom. The van der Waals surface area contributed by atoms with Gasteiger partial charge in [0.15, 0.2) is 0 Å². The highest BCUT2D eigenvalue weighted by Crippen LogP contribution is 2.22. The largest absolute Gasteiger partial charge is 0.491 e. The first kappa shape index (κ1) is 11.2. The number of nitrogen functional groups attached to an aromatic ring is 1. The molecule has 2 N–H and O–H groups in total. The van der Waals surface area contributed by atoms with Gasteiger partial charge in [-0.25, -0.2) is 4.39 Å². The van der Waals surface area contributed by atoms with Crippen molar-refractivity contribution in [1.82, 2.24) is 0 Å². The molecule has 0 amide bonds. The summed E-state index contributed by atoms with van der Waals surface area (Å²) in [5.41, 5.74) is 5.51. The molecule has 2 rings (SSSR count). The molecular weight excluding hydrogens is 209 g/mol. The Hall–Kier alpha value is -1.29. The van der Waals surface area contributed by atoms with Gasteiger partial charge in [-0.3, -0.25) is 0 Å². The molecule has 0 saturated carbocycles. The highest BCUT2D eigenvalue weighted by molar-refractivity contribution is 5.43. The van der Waals surface area contributed by atoms with E-state index in [-0.39, 0.29) is 11.8 Å². The fourth-order valence-electron chi connectivity index (χ4n) is 1.79. The van der Waals surface area contributed by atoms with E-state index in [1.807, 2.05) is 6.92 Å². The summed E-state index contributed by atoms with van der Waals surface area (Å²) in [6.45, 7) is 2.51. The monoisotopic (exact) mass is 225 g/mol. The molecule has 1 fully saturated rings. The van der Waals surface area contributed by atoms with E-state index < -0.39 is 5.82 Å². The molecule has 88 valence electrons. The van der Waals surface area contributed by atoms with Gasteiger partial charge in [0, 0.05) is 6.07 Å². The summed E-state index contributed by atoms with van der Waals surface area (Å²) in [6.07, 6.45) is 2.48. The summed E-state index contributed by atoms with van der Waals surface area (Å²) in [5, 5.41) is 0. The van der Waals surface area contributed by atoms with Crippen molar-refractivity contribution in [3.63, 3.8) is 0 Å². The van der Waals surface area contributed by atoms with E-state index in [1.54, 1.807) is 6.07 Å². The van der Waals surface area contributed by atoms with Crippen LogP contribution >= 0.6 is 0 Å². The van der Waals surface area contributed by atoms with Gasteiger partial charge in [0.25, 0.3) is 0 Å². The summed E-state index contributed by atoms with van der Waals surface area (Å²) in [7, 11) is 0. The molecule has 2 unspecified atom stereocenters. The van der Waals surface area contributed by atoms with Crippen LogP contribution in [-0.2, 0) is 4.74 Å². The van der Waals surface area contributed by atoms with E-state index in [0.29, 0.717) is 18.5 Å². The molecule has 3 nitrogen and oxygen atoms in total. The molecule has 0 aromatic heterocycles. The van der Waals surface area contributed by atoms with Gasteiger partial charge in [-0.2, -0.15) is 0 Å². The molecule has 0 bridgehead atoms. The molecule has 16 heavy (non-hydrogen) atoms. The Balaban J connectivity index is 1.87. The van der Waals surface area contributed by atoms with Crippen LogP contribution in [0.4, 0.5) is 10.1 Å². The minimum atomic E-state index is -0.446. The first-order valence-electron chi connectivity index (χ1n) is 5.48. The van der Waals surface area contributed by atoms with E-state index in [2.05, 4.69) is 0 Å². The van der Waals surface area contributed by atoms with Crippen LogP contribution in [0.15, 0.2) is 18.2 Å². The smallest absolute Gasteiger partial charge is 0.149 e. The molecule has 1 saturated heterocycles. The SMILES string of the molecule is CC1CCC(COc2ccc(N)c(F)c2)O1. The Morgan fingerprint density at radius 1 is 1.50 bits per heavy atom. The zero-order valence-electron chi connectivity index (χ0n) is 9.28. The molecule has 1 aromatic carbocycles. The molecule has 1 heterocycles. The van der Waals surface area contributed by atoms with Crippen LogP contribution in [0.5, 0.6) is 5.75 Å². The Morgan fingerprint density at radius 2 is 2.31 bits per heavy atom. The summed E-state index contributed by atoms with van der Waals surface area (Å²) in [6, 6.07) is 4.47. The molecule has 2 atom stereocenters. The minimum Gasteiger partial charge on any atom is -0.491 e. The van der Waals surface area contributed by atoms with Crippen molar-refractivity contribution >= 4 is 5.69 Å². The van der Waals surface area contributed by atoms with Crippen LogP contribution in [0.25, 0.3) is 0 Å². The molecule has 0 spiro atoms. The average Bonchev–Trinajstić information content (AvgIpc) is 2.66. The standard InChI is InChI=1S/C12H16FNO2/c1-8-2-3-10(16-8)7-15-9-4-5-12(14)11(13)6-9/h4-6,8,10H,2-3,7,14H2,1H3. The summed E-state index contributed by atoms with van der Waals surface area (Å²) in [5.74, 6) is 0.0491. The number of ether oxygens (including phenoxy) is 2. The van der Waals surface area contributed by atoms with E-state index in [4.69, 9.17) is 15.2 Å². The lowest BCUT2D eigenvalue weighted by molar-refractivity contribution is 0.0264. The average molecular weight is 225 g/mol. The first-order valence-corrected chi connectivity index (χ1v) is 5.48. The first-order chi connectivity index (χ1) is 7.65. The van der Waals surface area contributed by atoms with E-state index in [9.17, 15) is 4.39 Å². The minimum absolute atomic E-state index is 0.121. The number of benzene rings is 1. The molecular formula is C12H16FNO2. The number of hydrogen-bond acceptors (Lipinski definition) is 3. The maximum absolute atomic E-state index is 13.1. The highest BCUT2D eigenvalue weighted by Gasteiger charge is 2.22. The number of anilines is 1. The van der Waals surface area contributed by atoms with Crippen LogP contribution in [0.3, 0.4) is 0 Å². The van der Waals surface area contributed by atoms with Crippen LogP contribution < -0.4 is 10.5 Å². The van der Waals surface area contributed by atoms with Crippen molar-refractivity contribution in [2.75, 3.05) is 12.3 Å². The van der Waals surface area contributed by atoms with Crippen LogP contribution in [0.1, 0.15) is 19.8 Å². The van der Waals surface area contributed by atoms with Crippen LogP contribution in [-0.4, -0.2) is 18.8 Å². The molecule has 1 aromatic rings. The molecule has 0 aliphatic carbocycles. The molecule has 4 heteroatoms. The third kappa shape index (κ3) is 2.64. The van der Waals surface area contributed by atoms with Crippen LogP contribution in [0.2, 0.25) is 0 Å². The van der Waals surface area contributed by atoms with Gasteiger partial charge in [-0.05, 0) is 31.9 Å². The van der Waals surface area contributed by atoms with Gasteiger partial charge in [-0.1, -0.05) is 0 Å². The van der Waals surface area contributed by atoms with Gasteiger partial charge in [0.1, 0.15) is 18.2 Å². The predicted octanol–water partition coefficient (Wildman–Crippen LogP) is 2.35. The van der Waals surface area contributed by atoms with E-state index in [0.717, 1.165) is 12.8 Å². The zero-order chi connectivity index (χ0) is 11.5. The van der Waals surface area contributed by atoms with Crippen molar-refractivity contribution in [3.8, 4) is 5.75 Å². The Labute approximate surface area is 94.3 Å². The lowest BCUT2D eigenvalue weighted by Crippen LogP contribution is -2.17.